The fourth-order valence-corrected chi connectivity index (χ4v) is 4.72. The molecule has 1 fully saturated rings. The monoisotopic (exact) mass is 429 g/mol. The molecule has 7 heteroatoms. The molecule has 1 aromatic heterocycles. The Morgan fingerprint density at radius 3 is 2.29 bits per heavy atom. The van der Waals surface area contributed by atoms with Crippen LogP contribution in [-0.2, 0) is 6.42 Å². The van der Waals surface area contributed by atoms with Crippen molar-refractivity contribution in [3.8, 4) is 11.4 Å². The van der Waals surface area contributed by atoms with Crippen molar-refractivity contribution in [3.63, 3.8) is 0 Å². The second-order valence-electron chi connectivity index (χ2n) is 8.58. The number of benzene rings is 2. The lowest BCUT2D eigenvalue weighted by atomic mass is 9.75. The summed E-state index contributed by atoms with van der Waals surface area (Å²) in [6, 6.07) is 10.4. The van der Waals surface area contributed by atoms with Crippen molar-refractivity contribution in [1.82, 2.24) is 15.0 Å². The van der Waals surface area contributed by atoms with Gasteiger partial charge in [-0.2, -0.15) is 4.98 Å². The Kier molecular flexibility index (Phi) is 6.41. The Bertz CT molecular complexity index is 1010. The minimum absolute atomic E-state index is 0.133. The van der Waals surface area contributed by atoms with Gasteiger partial charge in [-0.25, -0.2) is 13.2 Å². The average molecular weight is 429 g/mol. The summed E-state index contributed by atoms with van der Waals surface area (Å²) >= 11 is 0. The summed E-state index contributed by atoms with van der Waals surface area (Å²) in [5.41, 5.74) is 1.27. The molecular weight excluding hydrogens is 403 g/mol. The highest BCUT2D eigenvalue weighted by Gasteiger charge is 2.31. The molecular formula is C24H26F3N3O. The van der Waals surface area contributed by atoms with E-state index in [0.717, 1.165) is 37.3 Å². The van der Waals surface area contributed by atoms with E-state index in [0.29, 0.717) is 24.1 Å². The van der Waals surface area contributed by atoms with Crippen molar-refractivity contribution in [1.29, 1.82) is 0 Å². The van der Waals surface area contributed by atoms with Crippen LogP contribution >= 0.6 is 0 Å². The van der Waals surface area contributed by atoms with Crippen molar-refractivity contribution in [2.24, 2.45) is 11.8 Å². The van der Waals surface area contributed by atoms with Gasteiger partial charge in [0.05, 0.1) is 5.56 Å². The van der Waals surface area contributed by atoms with Gasteiger partial charge in [0.2, 0.25) is 11.7 Å². The maximum atomic E-state index is 14.0. The van der Waals surface area contributed by atoms with E-state index in [-0.39, 0.29) is 23.2 Å². The van der Waals surface area contributed by atoms with Crippen molar-refractivity contribution in [2.75, 3.05) is 14.1 Å². The molecule has 0 amide bonds. The molecule has 3 aromatic rings. The molecule has 1 aliphatic rings. The molecule has 4 rings (SSSR count). The molecule has 1 aliphatic carbocycles. The van der Waals surface area contributed by atoms with E-state index < -0.39 is 11.6 Å². The molecule has 0 aliphatic heterocycles. The molecule has 31 heavy (non-hydrogen) atoms. The summed E-state index contributed by atoms with van der Waals surface area (Å²) < 4.78 is 45.7. The number of hydrogen-bond donors (Lipinski definition) is 0. The zero-order valence-electron chi connectivity index (χ0n) is 17.7. The van der Waals surface area contributed by atoms with Crippen LogP contribution < -0.4 is 0 Å². The van der Waals surface area contributed by atoms with E-state index in [9.17, 15) is 13.2 Å². The summed E-state index contributed by atoms with van der Waals surface area (Å²) in [7, 11) is 4.13. The molecule has 0 spiro atoms. The van der Waals surface area contributed by atoms with E-state index in [2.05, 4.69) is 29.1 Å². The number of halogens is 3. The van der Waals surface area contributed by atoms with Crippen molar-refractivity contribution in [3.05, 3.63) is 71.4 Å². The first-order valence-corrected chi connectivity index (χ1v) is 10.6. The highest BCUT2D eigenvalue weighted by atomic mass is 19.1. The zero-order chi connectivity index (χ0) is 22.0. The molecule has 0 N–H and O–H groups in total. The van der Waals surface area contributed by atoms with Crippen LogP contribution in [0, 0.1) is 29.3 Å². The van der Waals surface area contributed by atoms with Crippen LogP contribution in [-0.4, -0.2) is 29.1 Å². The summed E-state index contributed by atoms with van der Waals surface area (Å²) in [5, 5.41) is 3.87. The van der Waals surface area contributed by atoms with Gasteiger partial charge in [0.25, 0.3) is 0 Å². The van der Waals surface area contributed by atoms with E-state index in [1.165, 1.54) is 24.3 Å². The van der Waals surface area contributed by atoms with E-state index in [1.54, 1.807) is 0 Å². The van der Waals surface area contributed by atoms with Gasteiger partial charge in [0.1, 0.15) is 17.5 Å². The maximum Gasteiger partial charge on any atom is 0.227 e. The quantitative estimate of drug-likeness (QED) is 0.496. The molecule has 0 saturated heterocycles. The standard InChI is InChI=1S/C24H26F3N3O/c1-30(2)23(17-7-9-18(25)10-8-17)16-5-3-15(4-6-16)13-22-28-24(29-31-22)20-12-11-19(26)14-21(20)27/h7-12,14-16,23H,3-6,13H2,1-2H3. The molecule has 1 atom stereocenters. The lowest BCUT2D eigenvalue weighted by molar-refractivity contribution is 0.146. The topological polar surface area (TPSA) is 42.2 Å². The van der Waals surface area contributed by atoms with Crippen LogP contribution in [0.2, 0.25) is 0 Å². The predicted molar refractivity (Wildman–Crippen MR) is 112 cm³/mol. The SMILES string of the molecule is CN(C)C(c1ccc(F)cc1)C1CCC(Cc2nc(-c3ccc(F)cc3F)no2)CC1. The van der Waals surface area contributed by atoms with Crippen LogP contribution in [0.4, 0.5) is 13.2 Å². The van der Waals surface area contributed by atoms with Crippen LogP contribution in [0.3, 0.4) is 0 Å². The molecule has 0 radical (unpaired) electrons. The molecule has 2 aromatic carbocycles. The largest absolute Gasteiger partial charge is 0.339 e. The number of nitrogens with zero attached hydrogens (tertiary/aromatic N) is 3. The smallest absolute Gasteiger partial charge is 0.227 e. The third-order valence-electron chi connectivity index (χ3n) is 6.21. The third-order valence-corrected chi connectivity index (χ3v) is 6.21. The Hall–Kier alpha value is -2.67. The van der Waals surface area contributed by atoms with Gasteiger partial charge in [-0.1, -0.05) is 17.3 Å². The minimum Gasteiger partial charge on any atom is -0.339 e. The molecule has 1 saturated carbocycles. The number of hydrogen-bond acceptors (Lipinski definition) is 4. The van der Waals surface area contributed by atoms with Gasteiger partial charge in [0, 0.05) is 18.5 Å². The minimum atomic E-state index is -0.705. The molecule has 164 valence electrons. The van der Waals surface area contributed by atoms with Gasteiger partial charge in [0.15, 0.2) is 0 Å². The second-order valence-corrected chi connectivity index (χ2v) is 8.58. The molecule has 4 nitrogen and oxygen atoms in total. The highest BCUT2D eigenvalue weighted by molar-refractivity contribution is 5.54. The second kappa shape index (κ2) is 9.22. The fourth-order valence-electron chi connectivity index (χ4n) is 4.72. The predicted octanol–water partition coefficient (Wildman–Crippen LogP) is 5.81. The average Bonchev–Trinajstić information content (AvgIpc) is 3.19. The highest BCUT2D eigenvalue weighted by Crippen LogP contribution is 2.40. The Morgan fingerprint density at radius 1 is 0.968 bits per heavy atom. The molecule has 0 bridgehead atoms. The summed E-state index contributed by atoms with van der Waals surface area (Å²) in [4.78, 5) is 6.53. The summed E-state index contributed by atoms with van der Waals surface area (Å²) in [6.45, 7) is 0. The van der Waals surface area contributed by atoms with Gasteiger partial charge in [-0.3, -0.25) is 0 Å². The summed E-state index contributed by atoms with van der Waals surface area (Å²) in [5.74, 6) is -0.0388. The van der Waals surface area contributed by atoms with Gasteiger partial charge < -0.3 is 9.42 Å². The molecule has 1 heterocycles. The lowest BCUT2D eigenvalue weighted by Gasteiger charge is -2.37. The van der Waals surface area contributed by atoms with Crippen LogP contribution in [0.5, 0.6) is 0 Å². The van der Waals surface area contributed by atoms with Gasteiger partial charge >= 0.3 is 0 Å². The first-order valence-electron chi connectivity index (χ1n) is 10.6. The fraction of sp³-hybridized carbons (Fsp3) is 0.417. The Balaban J connectivity index is 1.38. The lowest BCUT2D eigenvalue weighted by Crippen LogP contribution is -2.30. The van der Waals surface area contributed by atoms with Gasteiger partial charge in [-0.15, -0.1) is 0 Å². The number of rotatable bonds is 6. The van der Waals surface area contributed by atoms with Crippen molar-refractivity contribution in [2.45, 2.75) is 38.1 Å². The normalized spacial score (nSPS) is 20.2. The number of aromatic nitrogens is 2. The van der Waals surface area contributed by atoms with Crippen LogP contribution in [0.25, 0.3) is 11.4 Å². The third kappa shape index (κ3) is 4.98. The first kappa shape index (κ1) is 21.6. The van der Waals surface area contributed by atoms with Crippen LogP contribution in [0.15, 0.2) is 47.0 Å². The zero-order valence-corrected chi connectivity index (χ0v) is 17.7. The first-order chi connectivity index (χ1) is 14.9. The van der Waals surface area contributed by atoms with Crippen molar-refractivity contribution >= 4 is 0 Å². The van der Waals surface area contributed by atoms with Gasteiger partial charge in [-0.05, 0) is 81.4 Å². The maximum absolute atomic E-state index is 14.0. The van der Waals surface area contributed by atoms with E-state index in [4.69, 9.17) is 4.52 Å². The Labute approximate surface area is 180 Å². The molecule has 1 unspecified atom stereocenters. The van der Waals surface area contributed by atoms with Crippen molar-refractivity contribution < 1.29 is 17.7 Å². The Morgan fingerprint density at radius 2 is 1.65 bits per heavy atom. The van der Waals surface area contributed by atoms with E-state index >= 15 is 0 Å². The summed E-state index contributed by atoms with van der Waals surface area (Å²) in [6.07, 6.45) is 4.81. The van der Waals surface area contributed by atoms with E-state index in [1.807, 2.05) is 12.1 Å². The van der Waals surface area contributed by atoms with Crippen LogP contribution in [0.1, 0.15) is 43.2 Å².